The van der Waals surface area contributed by atoms with Crippen LogP contribution in [0.4, 0.5) is 5.82 Å². The quantitative estimate of drug-likeness (QED) is 0.196. The van der Waals surface area contributed by atoms with Crippen LogP contribution in [0, 0.1) is 0 Å². The first-order chi connectivity index (χ1) is 17.1. The molecule has 4 N–H and O–H groups in total. The SMILES string of the molecule is CCCCCCCCCCCCCCCCCCNc1ccn([C@H]2O[C@@H](CO)[C@@H](O)[C@@H]2O)c(=O)n1. The predicted octanol–water partition coefficient (Wildman–Crippen LogP) is 4.53. The maximum absolute atomic E-state index is 12.3. The van der Waals surface area contributed by atoms with Gasteiger partial charge in [-0.25, -0.2) is 4.79 Å². The number of anilines is 1. The molecule has 1 aliphatic rings. The summed E-state index contributed by atoms with van der Waals surface area (Å²) in [5, 5.41) is 32.3. The Hall–Kier alpha value is -1.48. The Balaban J connectivity index is 1.46. The lowest BCUT2D eigenvalue weighted by atomic mass is 10.0. The third-order valence-electron chi connectivity index (χ3n) is 6.96. The van der Waals surface area contributed by atoms with E-state index < -0.39 is 36.8 Å². The third-order valence-corrected chi connectivity index (χ3v) is 6.96. The zero-order valence-electron chi connectivity index (χ0n) is 21.7. The number of aliphatic hydroxyl groups excluding tert-OH is 3. The van der Waals surface area contributed by atoms with Gasteiger partial charge in [0.2, 0.25) is 0 Å². The molecule has 2 rings (SSSR count). The molecular weight excluding hydrogens is 446 g/mol. The largest absolute Gasteiger partial charge is 0.394 e. The van der Waals surface area contributed by atoms with Crippen molar-refractivity contribution in [3.63, 3.8) is 0 Å². The van der Waals surface area contributed by atoms with Crippen molar-refractivity contribution < 1.29 is 20.1 Å². The molecule has 0 aliphatic carbocycles. The van der Waals surface area contributed by atoms with Crippen molar-refractivity contribution in [3.8, 4) is 0 Å². The van der Waals surface area contributed by atoms with E-state index in [4.69, 9.17) is 4.74 Å². The molecule has 0 spiro atoms. The Labute approximate surface area is 211 Å². The van der Waals surface area contributed by atoms with Gasteiger partial charge in [0.15, 0.2) is 6.23 Å². The van der Waals surface area contributed by atoms with E-state index in [1.54, 1.807) is 6.07 Å². The van der Waals surface area contributed by atoms with Gasteiger partial charge < -0.3 is 25.4 Å². The van der Waals surface area contributed by atoms with Gasteiger partial charge in [0.25, 0.3) is 0 Å². The molecular formula is C27H49N3O5. The monoisotopic (exact) mass is 495 g/mol. The van der Waals surface area contributed by atoms with Crippen molar-refractivity contribution in [2.75, 3.05) is 18.5 Å². The second-order valence-electron chi connectivity index (χ2n) is 9.96. The van der Waals surface area contributed by atoms with Crippen molar-refractivity contribution in [3.05, 3.63) is 22.7 Å². The van der Waals surface area contributed by atoms with Gasteiger partial charge in [0.05, 0.1) is 6.61 Å². The number of rotatable bonds is 20. The summed E-state index contributed by atoms with van der Waals surface area (Å²) in [7, 11) is 0. The van der Waals surface area contributed by atoms with E-state index in [0.29, 0.717) is 5.82 Å². The Kier molecular flexibility index (Phi) is 15.2. The maximum atomic E-state index is 12.3. The standard InChI is InChI=1S/C27H49N3O5/c1-2-3-4-5-6-7-8-9-10-11-12-13-14-15-16-17-19-28-23-18-20-30(27(34)29-23)26-25(33)24(32)22(21-31)35-26/h18,20,22,24-26,31-33H,2-17,19,21H2,1H3,(H,28,29,34)/t22-,24+,25-,26-/m0/s1. The number of aromatic nitrogens is 2. The van der Waals surface area contributed by atoms with Gasteiger partial charge in [-0.1, -0.05) is 103 Å². The fourth-order valence-corrected chi connectivity index (χ4v) is 4.70. The van der Waals surface area contributed by atoms with E-state index in [9.17, 15) is 20.1 Å². The lowest BCUT2D eigenvalue weighted by molar-refractivity contribution is -0.0549. The summed E-state index contributed by atoms with van der Waals surface area (Å²) in [5.74, 6) is 0.485. The van der Waals surface area contributed by atoms with Gasteiger partial charge in [-0.05, 0) is 12.5 Å². The lowest BCUT2D eigenvalue weighted by Gasteiger charge is -2.17. The second-order valence-corrected chi connectivity index (χ2v) is 9.96. The van der Waals surface area contributed by atoms with Crippen LogP contribution in [0.3, 0.4) is 0 Å². The van der Waals surface area contributed by atoms with Crippen LogP contribution in [-0.2, 0) is 4.74 Å². The summed E-state index contributed by atoms with van der Waals surface area (Å²) in [6, 6.07) is 1.66. The first-order valence-electron chi connectivity index (χ1n) is 14.0. The molecule has 0 bridgehead atoms. The smallest absolute Gasteiger partial charge is 0.351 e. The van der Waals surface area contributed by atoms with Gasteiger partial charge in [-0.15, -0.1) is 0 Å². The average Bonchev–Trinajstić information content (AvgIpc) is 3.14. The Morgan fingerprint density at radius 1 is 0.857 bits per heavy atom. The zero-order chi connectivity index (χ0) is 25.3. The average molecular weight is 496 g/mol. The molecule has 0 amide bonds. The fourth-order valence-electron chi connectivity index (χ4n) is 4.70. The molecule has 8 heteroatoms. The van der Waals surface area contributed by atoms with E-state index in [2.05, 4.69) is 17.2 Å². The number of unbranched alkanes of at least 4 members (excludes halogenated alkanes) is 15. The van der Waals surface area contributed by atoms with Crippen LogP contribution < -0.4 is 11.0 Å². The second kappa shape index (κ2) is 17.9. The lowest BCUT2D eigenvalue weighted by Crippen LogP contribution is -2.36. The van der Waals surface area contributed by atoms with E-state index in [-0.39, 0.29) is 0 Å². The number of nitrogens with zero attached hydrogens (tertiary/aromatic N) is 2. The highest BCUT2D eigenvalue weighted by atomic mass is 16.6. The molecule has 0 saturated carbocycles. The van der Waals surface area contributed by atoms with Crippen LogP contribution in [0.5, 0.6) is 0 Å². The molecule has 1 fully saturated rings. The summed E-state index contributed by atoms with van der Waals surface area (Å²) in [5.41, 5.74) is -0.572. The number of ether oxygens (including phenoxy) is 1. The topological polar surface area (TPSA) is 117 Å². The molecule has 1 aromatic rings. The summed E-state index contributed by atoms with van der Waals surface area (Å²) >= 11 is 0. The molecule has 8 nitrogen and oxygen atoms in total. The van der Waals surface area contributed by atoms with Gasteiger partial charge in [-0.3, -0.25) is 4.57 Å². The fraction of sp³-hybridized carbons (Fsp3) is 0.852. The van der Waals surface area contributed by atoms with Crippen LogP contribution in [0.2, 0.25) is 0 Å². The third kappa shape index (κ3) is 11.0. The molecule has 0 radical (unpaired) electrons. The van der Waals surface area contributed by atoms with Crippen molar-refractivity contribution in [1.82, 2.24) is 9.55 Å². The number of aliphatic hydroxyl groups is 3. The minimum atomic E-state index is -1.30. The molecule has 1 aromatic heterocycles. The van der Waals surface area contributed by atoms with Crippen LogP contribution in [0.25, 0.3) is 0 Å². The number of hydrogen-bond donors (Lipinski definition) is 4. The number of nitrogens with one attached hydrogen (secondary N) is 1. The maximum Gasteiger partial charge on any atom is 0.351 e. The first-order valence-corrected chi connectivity index (χ1v) is 14.0. The predicted molar refractivity (Wildman–Crippen MR) is 140 cm³/mol. The van der Waals surface area contributed by atoms with Gasteiger partial charge in [0.1, 0.15) is 24.1 Å². The summed E-state index contributed by atoms with van der Waals surface area (Å²) in [6.07, 6.45) is 18.3. The van der Waals surface area contributed by atoms with Crippen molar-refractivity contribution in [2.24, 2.45) is 0 Å². The van der Waals surface area contributed by atoms with Crippen LogP contribution in [0.1, 0.15) is 116 Å². The van der Waals surface area contributed by atoms with Crippen molar-refractivity contribution in [2.45, 2.75) is 134 Å². The van der Waals surface area contributed by atoms with Crippen molar-refractivity contribution in [1.29, 1.82) is 0 Å². The van der Waals surface area contributed by atoms with Crippen LogP contribution in [0.15, 0.2) is 17.1 Å². The van der Waals surface area contributed by atoms with Crippen LogP contribution >= 0.6 is 0 Å². The highest BCUT2D eigenvalue weighted by molar-refractivity contribution is 5.31. The van der Waals surface area contributed by atoms with Gasteiger partial charge in [0, 0.05) is 12.7 Å². The highest BCUT2D eigenvalue weighted by Gasteiger charge is 2.43. The molecule has 35 heavy (non-hydrogen) atoms. The summed E-state index contributed by atoms with van der Waals surface area (Å²) < 4.78 is 6.53. The van der Waals surface area contributed by atoms with E-state index in [1.807, 2.05) is 0 Å². The normalized spacial score (nSPS) is 22.1. The Bertz CT molecular complexity index is 729. The molecule has 0 aromatic carbocycles. The van der Waals surface area contributed by atoms with E-state index in [1.165, 1.54) is 96.1 Å². The van der Waals surface area contributed by atoms with E-state index >= 15 is 0 Å². The van der Waals surface area contributed by atoms with Gasteiger partial charge >= 0.3 is 5.69 Å². The van der Waals surface area contributed by atoms with Crippen LogP contribution in [-0.4, -0.2) is 56.3 Å². The summed E-state index contributed by atoms with van der Waals surface area (Å²) in [6.45, 7) is 2.59. The summed E-state index contributed by atoms with van der Waals surface area (Å²) in [4.78, 5) is 16.3. The molecule has 4 atom stereocenters. The van der Waals surface area contributed by atoms with Gasteiger partial charge in [-0.2, -0.15) is 4.98 Å². The minimum absolute atomic E-state index is 0.435. The molecule has 1 aliphatic heterocycles. The molecule has 1 saturated heterocycles. The number of hydrogen-bond acceptors (Lipinski definition) is 7. The van der Waals surface area contributed by atoms with Crippen molar-refractivity contribution >= 4 is 5.82 Å². The first kappa shape index (κ1) is 29.7. The Morgan fingerprint density at radius 2 is 1.37 bits per heavy atom. The minimum Gasteiger partial charge on any atom is -0.394 e. The molecule has 2 heterocycles. The zero-order valence-corrected chi connectivity index (χ0v) is 21.7. The molecule has 202 valence electrons. The van der Waals surface area contributed by atoms with E-state index in [0.717, 1.165) is 24.0 Å². The Morgan fingerprint density at radius 3 is 1.83 bits per heavy atom. The molecule has 0 unspecified atom stereocenters. The highest BCUT2D eigenvalue weighted by Crippen LogP contribution is 2.28.